The van der Waals surface area contributed by atoms with Crippen molar-refractivity contribution < 1.29 is 19.4 Å². The van der Waals surface area contributed by atoms with Gasteiger partial charge in [0.25, 0.3) is 5.91 Å². The zero-order chi connectivity index (χ0) is 23.4. The molecule has 33 heavy (non-hydrogen) atoms. The Hall–Kier alpha value is -3.64. The molecule has 0 bridgehead atoms. The van der Waals surface area contributed by atoms with Gasteiger partial charge in [0.1, 0.15) is 5.75 Å². The molecule has 3 aromatic carbocycles. The Morgan fingerprint density at radius 1 is 0.939 bits per heavy atom. The highest BCUT2D eigenvalue weighted by Crippen LogP contribution is 2.32. The number of likely N-dealkylation sites (tertiary alicyclic amines) is 1. The Labute approximate surface area is 193 Å². The maximum Gasteiger partial charge on any atom is 0.339 e. The predicted molar refractivity (Wildman–Crippen MR) is 129 cm³/mol. The third kappa shape index (κ3) is 5.07. The van der Waals surface area contributed by atoms with E-state index in [0.717, 1.165) is 42.6 Å². The van der Waals surface area contributed by atoms with Crippen molar-refractivity contribution in [2.45, 2.75) is 18.8 Å². The Bertz CT molecular complexity index is 1150. The molecule has 0 radical (unpaired) electrons. The highest BCUT2D eigenvalue weighted by molar-refractivity contribution is 6.09. The van der Waals surface area contributed by atoms with E-state index in [1.165, 1.54) is 7.11 Å². The van der Waals surface area contributed by atoms with Crippen LogP contribution < -0.4 is 5.32 Å². The van der Waals surface area contributed by atoms with E-state index in [0.29, 0.717) is 11.6 Å². The van der Waals surface area contributed by atoms with Crippen LogP contribution in [0, 0.1) is 0 Å². The molecule has 0 aromatic heterocycles. The summed E-state index contributed by atoms with van der Waals surface area (Å²) in [6, 6.07) is 20.1. The lowest BCUT2D eigenvalue weighted by Gasteiger charge is -2.29. The fourth-order valence-corrected chi connectivity index (χ4v) is 4.27. The molecule has 1 aliphatic heterocycles. The summed E-state index contributed by atoms with van der Waals surface area (Å²) < 4.78 is 4.90. The van der Waals surface area contributed by atoms with Gasteiger partial charge in [0.05, 0.1) is 23.9 Å². The molecule has 170 valence electrons. The molecule has 1 fully saturated rings. The highest BCUT2D eigenvalue weighted by atomic mass is 16.5. The van der Waals surface area contributed by atoms with Crippen molar-refractivity contribution >= 4 is 17.6 Å². The van der Waals surface area contributed by atoms with Gasteiger partial charge in [0, 0.05) is 0 Å². The number of nitrogens with one attached hydrogen (secondary N) is 1. The number of amides is 1. The van der Waals surface area contributed by atoms with Crippen molar-refractivity contribution in [3.8, 4) is 16.9 Å². The number of ether oxygens (including phenoxy) is 1. The Morgan fingerprint density at radius 3 is 2.36 bits per heavy atom. The third-order valence-electron chi connectivity index (χ3n) is 6.24. The highest BCUT2D eigenvalue weighted by Gasteiger charge is 2.22. The topological polar surface area (TPSA) is 78.9 Å². The Morgan fingerprint density at radius 2 is 1.67 bits per heavy atom. The van der Waals surface area contributed by atoms with E-state index in [1.54, 1.807) is 24.3 Å². The minimum atomic E-state index is -0.547. The average molecular weight is 445 g/mol. The van der Waals surface area contributed by atoms with Crippen LogP contribution in [0.3, 0.4) is 0 Å². The van der Waals surface area contributed by atoms with E-state index in [2.05, 4.69) is 17.3 Å². The van der Waals surface area contributed by atoms with E-state index in [-0.39, 0.29) is 16.9 Å². The quantitative estimate of drug-likeness (QED) is 0.547. The summed E-state index contributed by atoms with van der Waals surface area (Å²) in [6.45, 7) is 2.00. The number of benzene rings is 3. The van der Waals surface area contributed by atoms with Crippen LogP contribution >= 0.6 is 0 Å². The van der Waals surface area contributed by atoms with Gasteiger partial charge < -0.3 is 20.1 Å². The van der Waals surface area contributed by atoms with E-state index < -0.39 is 11.9 Å². The number of carbonyl (C=O) groups is 2. The third-order valence-corrected chi connectivity index (χ3v) is 6.24. The van der Waals surface area contributed by atoms with Crippen molar-refractivity contribution in [2.24, 2.45) is 0 Å². The van der Waals surface area contributed by atoms with Crippen LogP contribution in [-0.4, -0.2) is 49.1 Å². The van der Waals surface area contributed by atoms with Crippen molar-refractivity contribution in [3.05, 3.63) is 83.4 Å². The summed E-state index contributed by atoms with van der Waals surface area (Å²) in [6.07, 6.45) is 2.02. The first-order chi connectivity index (χ1) is 16.0. The predicted octanol–water partition coefficient (Wildman–Crippen LogP) is 4.91. The first-order valence-electron chi connectivity index (χ1n) is 11.1. The first kappa shape index (κ1) is 22.6. The number of hydrogen-bond donors (Lipinski definition) is 2. The number of hydrogen-bond acceptors (Lipinski definition) is 5. The zero-order valence-corrected chi connectivity index (χ0v) is 18.9. The molecule has 0 saturated carbocycles. The second-order valence-electron chi connectivity index (χ2n) is 8.43. The normalized spacial score (nSPS) is 14.6. The van der Waals surface area contributed by atoms with E-state index >= 15 is 0 Å². The Balaban J connectivity index is 1.65. The van der Waals surface area contributed by atoms with Crippen LogP contribution in [0.15, 0.2) is 66.7 Å². The molecule has 1 amide bonds. The van der Waals surface area contributed by atoms with Crippen LogP contribution in [0.5, 0.6) is 5.75 Å². The molecule has 3 aromatic rings. The SMILES string of the molecule is COC(=O)c1ccc(-c2ccccc2)cc1NC(=O)c1cc(C2CCN(C)CC2)ccc1O. The number of phenols is 1. The number of piperidine rings is 1. The summed E-state index contributed by atoms with van der Waals surface area (Å²) in [7, 11) is 3.41. The largest absolute Gasteiger partial charge is 0.507 e. The van der Waals surface area contributed by atoms with Crippen molar-refractivity contribution in [3.63, 3.8) is 0 Å². The van der Waals surface area contributed by atoms with Gasteiger partial charge in [-0.1, -0.05) is 42.5 Å². The second kappa shape index (κ2) is 9.88. The molecular weight excluding hydrogens is 416 g/mol. The molecule has 1 saturated heterocycles. The molecule has 2 N–H and O–H groups in total. The molecule has 4 rings (SSSR count). The average Bonchev–Trinajstić information content (AvgIpc) is 2.85. The van der Waals surface area contributed by atoms with Gasteiger partial charge in [-0.2, -0.15) is 0 Å². The number of methoxy groups -OCH3 is 1. The second-order valence-corrected chi connectivity index (χ2v) is 8.43. The van der Waals surface area contributed by atoms with Gasteiger partial charge in [-0.25, -0.2) is 4.79 Å². The fraction of sp³-hybridized carbons (Fsp3) is 0.259. The molecular formula is C27H28N2O4. The van der Waals surface area contributed by atoms with Crippen molar-refractivity contribution in [1.29, 1.82) is 0 Å². The molecule has 6 heteroatoms. The molecule has 6 nitrogen and oxygen atoms in total. The van der Waals surface area contributed by atoms with Crippen LogP contribution in [0.25, 0.3) is 11.1 Å². The zero-order valence-electron chi connectivity index (χ0n) is 18.9. The number of esters is 1. The van der Waals surface area contributed by atoms with E-state index in [9.17, 15) is 14.7 Å². The summed E-state index contributed by atoms with van der Waals surface area (Å²) in [5.41, 5.74) is 3.61. The maximum atomic E-state index is 13.2. The summed E-state index contributed by atoms with van der Waals surface area (Å²) >= 11 is 0. The number of anilines is 1. The monoisotopic (exact) mass is 444 g/mol. The van der Waals surface area contributed by atoms with Gasteiger partial charge in [0.2, 0.25) is 0 Å². The molecule has 0 unspecified atom stereocenters. The van der Waals surface area contributed by atoms with E-state index in [1.807, 2.05) is 42.5 Å². The minimum absolute atomic E-state index is 0.0944. The van der Waals surface area contributed by atoms with E-state index in [4.69, 9.17) is 4.74 Å². The standard InChI is InChI=1S/C27H28N2O4/c1-29-14-12-19(13-15-29)20-9-11-25(30)23(16-20)26(31)28-24-17-21(18-6-4-3-5-7-18)8-10-22(24)27(32)33-2/h3-11,16-17,19,30H,12-15H2,1-2H3,(H,28,31). The number of carbonyl (C=O) groups excluding carboxylic acids is 2. The van der Waals surface area contributed by atoms with Gasteiger partial charge in [-0.05, 0) is 79.9 Å². The van der Waals surface area contributed by atoms with Crippen LogP contribution in [-0.2, 0) is 4.74 Å². The summed E-state index contributed by atoms with van der Waals surface area (Å²) in [5, 5.41) is 13.2. The molecule has 0 spiro atoms. The first-order valence-corrected chi connectivity index (χ1v) is 11.1. The number of aromatic hydroxyl groups is 1. The lowest BCUT2D eigenvalue weighted by atomic mass is 9.88. The lowest BCUT2D eigenvalue weighted by Crippen LogP contribution is -2.29. The van der Waals surface area contributed by atoms with Crippen LogP contribution in [0.2, 0.25) is 0 Å². The van der Waals surface area contributed by atoms with Gasteiger partial charge in [0.15, 0.2) is 0 Å². The summed E-state index contributed by atoms with van der Waals surface area (Å²) in [4.78, 5) is 27.8. The minimum Gasteiger partial charge on any atom is -0.507 e. The number of nitrogens with zero attached hydrogens (tertiary/aromatic N) is 1. The van der Waals surface area contributed by atoms with Gasteiger partial charge >= 0.3 is 5.97 Å². The van der Waals surface area contributed by atoms with Gasteiger partial charge in [-0.15, -0.1) is 0 Å². The number of phenolic OH excluding ortho intramolecular Hbond substituents is 1. The molecule has 1 aliphatic rings. The lowest BCUT2D eigenvalue weighted by molar-refractivity contribution is 0.0602. The van der Waals surface area contributed by atoms with Crippen molar-refractivity contribution in [2.75, 3.05) is 32.6 Å². The van der Waals surface area contributed by atoms with Crippen LogP contribution in [0.1, 0.15) is 45.0 Å². The smallest absolute Gasteiger partial charge is 0.339 e. The molecule has 0 aliphatic carbocycles. The molecule has 1 heterocycles. The van der Waals surface area contributed by atoms with Gasteiger partial charge in [-0.3, -0.25) is 4.79 Å². The van der Waals surface area contributed by atoms with Crippen LogP contribution in [0.4, 0.5) is 5.69 Å². The molecule has 0 atom stereocenters. The Kier molecular flexibility index (Phi) is 6.75. The fourth-order valence-electron chi connectivity index (χ4n) is 4.27. The maximum absolute atomic E-state index is 13.2. The number of rotatable bonds is 5. The summed E-state index contributed by atoms with van der Waals surface area (Å²) in [5.74, 6) is -0.768. The van der Waals surface area contributed by atoms with Crippen molar-refractivity contribution in [1.82, 2.24) is 4.90 Å².